The molecule has 0 heterocycles. The van der Waals surface area contributed by atoms with Gasteiger partial charge in [0.2, 0.25) is 0 Å². The van der Waals surface area contributed by atoms with Crippen molar-refractivity contribution in [2.45, 2.75) is 31.5 Å². The highest BCUT2D eigenvalue weighted by molar-refractivity contribution is 5.95. The number of aliphatic hydroxyl groups excluding tert-OH is 1. The van der Waals surface area contributed by atoms with E-state index in [1.807, 2.05) is 54.6 Å². The summed E-state index contributed by atoms with van der Waals surface area (Å²) in [6, 6.07) is 25.8. The van der Waals surface area contributed by atoms with Crippen LogP contribution in [0.1, 0.15) is 38.7 Å². The van der Waals surface area contributed by atoms with Crippen LogP contribution in [0.5, 0.6) is 0 Å². The second-order valence-electron chi connectivity index (χ2n) is 9.37. The van der Waals surface area contributed by atoms with E-state index in [9.17, 15) is 18.7 Å². The number of carbonyl (C=O) groups is 1. The van der Waals surface area contributed by atoms with Crippen LogP contribution < -0.4 is 10.6 Å². The van der Waals surface area contributed by atoms with Gasteiger partial charge in [0.15, 0.2) is 0 Å². The Kier molecular flexibility index (Phi) is 7.40. The fourth-order valence-electron chi connectivity index (χ4n) is 4.84. The summed E-state index contributed by atoms with van der Waals surface area (Å²) in [7, 11) is 0. The van der Waals surface area contributed by atoms with E-state index in [0.717, 1.165) is 27.8 Å². The number of amides is 1. The second-order valence-corrected chi connectivity index (χ2v) is 9.37. The molecule has 0 saturated carbocycles. The first-order valence-electron chi connectivity index (χ1n) is 12.4. The zero-order valence-corrected chi connectivity index (χ0v) is 20.3. The first-order chi connectivity index (χ1) is 18.0. The van der Waals surface area contributed by atoms with E-state index in [-0.39, 0.29) is 11.4 Å². The number of hydrogen-bond donors (Lipinski definition) is 3. The Morgan fingerprint density at radius 3 is 2.49 bits per heavy atom. The van der Waals surface area contributed by atoms with Crippen molar-refractivity contribution in [3.63, 3.8) is 0 Å². The first kappa shape index (κ1) is 24.8. The van der Waals surface area contributed by atoms with Crippen LogP contribution in [0.25, 0.3) is 11.1 Å². The molecule has 1 aliphatic carbocycles. The molecule has 5 rings (SSSR count). The summed E-state index contributed by atoms with van der Waals surface area (Å²) >= 11 is 0. The molecule has 1 amide bonds. The Hall–Kier alpha value is -3.87. The summed E-state index contributed by atoms with van der Waals surface area (Å²) in [5.74, 6) is -1.41. The molecule has 37 heavy (non-hydrogen) atoms. The van der Waals surface area contributed by atoms with Gasteiger partial charge < -0.3 is 15.7 Å². The van der Waals surface area contributed by atoms with Gasteiger partial charge in [-0.2, -0.15) is 0 Å². The number of nitrogens with one attached hydrogen (secondary N) is 2. The Balaban J connectivity index is 1.24. The molecule has 0 spiro atoms. The Bertz CT molecular complexity index is 1410. The highest BCUT2D eigenvalue weighted by Crippen LogP contribution is 2.33. The minimum Gasteiger partial charge on any atom is -0.390 e. The van der Waals surface area contributed by atoms with Crippen molar-refractivity contribution >= 4 is 5.91 Å². The molecule has 4 aromatic carbocycles. The lowest BCUT2D eigenvalue weighted by Gasteiger charge is -2.19. The van der Waals surface area contributed by atoms with Crippen LogP contribution in [-0.2, 0) is 19.4 Å². The van der Waals surface area contributed by atoms with Gasteiger partial charge in [0.05, 0.1) is 17.7 Å². The maximum absolute atomic E-state index is 14.9. The van der Waals surface area contributed by atoms with E-state index < -0.39 is 23.9 Å². The highest BCUT2D eigenvalue weighted by atomic mass is 19.1. The lowest BCUT2D eigenvalue weighted by molar-refractivity contribution is 0.0854. The molecule has 0 bridgehead atoms. The smallest absolute Gasteiger partial charge is 0.254 e. The molecule has 188 valence electrons. The Morgan fingerprint density at radius 1 is 0.865 bits per heavy atom. The number of halogens is 2. The number of benzene rings is 4. The maximum Gasteiger partial charge on any atom is 0.254 e. The minimum atomic E-state index is -0.790. The molecule has 3 N–H and O–H groups in total. The topological polar surface area (TPSA) is 61.4 Å². The van der Waals surface area contributed by atoms with Crippen molar-refractivity contribution < 1.29 is 18.7 Å². The van der Waals surface area contributed by atoms with Gasteiger partial charge in [-0.3, -0.25) is 4.79 Å². The summed E-state index contributed by atoms with van der Waals surface area (Å²) in [5, 5.41) is 16.9. The third-order valence-corrected chi connectivity index (χ3v) is 6.78. The summed E-state index contributed by atoms with van der Waals surface area (Å²) in [6.45, 7) is 1.27. The average Bonchev–Trinajstić information content (AvgIpc) is 3.21. The van der Waals surface area contributed by atoms with Crippen LogP contribution in [-0.4, -0.2) is 23.7 Å². The monoisotopic (exact) mass is 498 g/mol. The van der Waals surface area contributed by atoms with Crippen molar-refractivity contribution in [1.29, 1.82) is 0 Å². The summed E-state index contributed by atoms with van der Waals surface area (Å²) in [4.78, 5) is 13.0. The normalized spacial score (nSPS) is 16.4. The van der Waals surface area contributed by atoms with Crippen LogP contribution in [0.2, 0.25) is 0 Å². The molecule has 4 nitrogen and oxygen atoms in total. The molecule has 4 aromatic rings. The van der Waals surface area contributed by atoms with Gasteiger partial charge in [-0.15, -0.1) is 0 Å². The zero-order chi connectivity index (χ0) is 25.8. The predicted molar refractivity (Wildman–Crippen MR) is 140 cm³/mol. The Labute approximate surface area is 215 Å². The van der Waals surface area contributed by atoms with Crippen molar-refractivity contribution in [3.8, 4) is 11.1 Å². The molecule has 0 aromatic heterocycles. The second kappa shape index (κ2) is 11.0. The van der Waals surface area contributed by atoms with Crippen LogP contribution in [0, 0.1) is 11.6 Å². The van der Waals surface area contributed by atoms with Crippen molar-refractivity contribution in [3.05, 3.63) is 130 Å². The van der Waals surface area contributed by atoms with Gasteiger partial charge in [0.25, 0.3) is 5.91 Å². The SMILES string of the molecule is O=C(N[C@@H]1c2cc(CNCCc3cccc(F)c3)ccc2C[C@H]1O)c1ccc(-c2ccccc2)cc1F. The number of rotatable bonds is 8. The van der Waals surface area contributed by atoms with Crippen molar-refractivity contribution in [2.75, 3.05) is 6.54 Å². The van der Waals surface area contributed by atoms with E-state index >= 15 is 0 Å². The van der Waals surface area contributed by atoms with Crippen LogP contribution in [0.4, 0.5) is 8.78 Å². The van der Waals surface area contributed by atoms with Gasteiger partial charge in [-0.25, -0.2) is 8.78 Å². The molecule has 1 aliphatic rings. The fourth-order valence-corrected chi connectivity index (χ4v) is 4.84. The highest BCUT2D eigenvalue weighted by Gasteiger charge is 2.33. The van der Waals surface area contributed by atoms with Crippen LogP contribution >= 0.6 is 0 Å². The predicted octanol–water partition coefficient (Wildman–Crippen LogP) is 5.35. The molecule has 0 fully saturated rings. The lowest BCUT2D eigenvalue weighted by atomic mass is 10.0. The van der Waals surface area contributed by atoms with Crippen molar-refractivity contribution in [1.82, 2.24) is 10.6 Å². The molecular formula is C31H28F2N2O2. The van der Waals surface area contributed by atoms with E-state index in [1.54, 1.807) is 12.1 Å². The molecule has 0 aliphatic heterocycles. The number of carbonyl (C=O) groups excluding carboxylic acids is 1. The fraction of sp³-hybridized carbons (Fsp3) is 0.194. The number of fused-ring (bicyclic) bond motifs is 1. The summed E-state index contributed by atoms with van der Waals surface area (Å²) < 4.78 is 28.2. The maximum atomic E-state index is 14.9. The van der Waals surface area contributed by atoms with Crippen LogP contribution in [0.15, 0.2) is 91.0 Å². The summed E-state index contributed by atoms with van der Waals surface area (Å²) in [5.41, 5.74) is 5.23. The van der Waals surface area contributed by atoms with Gasteiger partial charge in [-0.05, 0) is 70.6 Å². The molecule has 6 heteroatoms. The van der Waals surface area contributed by atoms with E-state index in [2.05, 4.69) is 10.6 Å². The molecule has 0 unspecified atom stereocenters. The minimum absolute atomic E-state index is 0.0597. The average molecular weight is 499 g/mol. The van der Waals surface area contributed by atoms with E-state index in [4.69, 9.17) is 0 Å². The van der Waals surface area contributed by atoms with E-state index in [0.29, 0.717) is 31.5 Å². The van der Waals surface area contributed by atoms with E-state index in [1.165, 1.54) is 24.3 Å². The quantitative estimate of drug-likeness (QED) is 0.287. The first-order valence-corrected chi connectivity index (χ1v) is 12.4. The zero-order valence-electron chi connectivity index (χ0n) is 20.3. The molecule has 0 radical (unpaired) electrons. The lowest BCUT2D eigenvalue weighted by Crippen LogP contribution is -2.34. The third kappa shape index (κ3) is 5.77. The van der Waals surface area contributed by atoms with Crippen LogP contribution in [0.3, 0.4) is 0 Å². The standard InChI is InChI=1S/C31H28F2N2O2/c32-25-8-4-5-20(15-25)13-14-34-19-21-9-10-24-18-29(36)30(27(24)16-21)35-31(37)26-12-11-23(17-28(26)33)22-6-2-1-3-7-22/h1-12,15-17,29-30,34,36H,13-14,18-19H2,(H,35,37)/t29-,30-/m1/s1. The van der Waals surface area contributed by atoms with Gasteiger partial charge >= 0.3 is 0 Å². The van der Waals surface area contributed by atoms with Gasteiger partial charge in [0, 0.05) is 13.0 Å². The largest absolute Gasteiger partial charge is 0.390 e. The van der Waals surface area contributed by atoms with Gasteiger partial charge in [0.1, 0.15) is 11.6 Å². The van der Waals surface area contributed by atoms with Gasteiger partial charge in [-0.1, -0.05) is 66.7 Å². The molecule has 2 atom stereocenters. The Morgan fingerprint density at radius 2 is 1.70 bits per heavy atom. The number of aliphatic hydroxyl groups is 1. The molecule has 0 saturated heterocycles. The molecular weight excluding hydrogens is 470 g/mol. The van der Waals surface area contributed by atoms with Crippen molar-refractivity contribution in [2.24, 2.45) is 0 Å². The number of hydrogen-bond acceptors (Lipinski definition) is 3. The summed E-state index contributed by atoms with van der Waals surface area (Å²) in [6.07, 6.45) is 0.333. The third-order valence-electron chi connectivity index (χ3n) is 6.78.